The molecule has 1 atom stereocenters. The molecule has 3 amide bonds. The van der Waals surface area contributed by atoms with Gasteiger partial charge in [0.25, 0.3) is 0 Å². The first kappa shape index (κ1) is 14.8. The zero-order chi connectivity index (χ0) is 15.6. The number of anilines is 2. The van der Waals surface area contributed by atoms with Gasteiger partial charge in [0.1, 0.15) is 12.3 Å². The van der Waals surface area contributed by atoms with Crippen molar-refractivity contribution in [1.82, 2.24) is 4.90 Å². The molecule has 3 N–H and O–H groups in total. The van der Waals surface area contributed by atoms with E-state index in [1.54, 1.807) is 25.1 Å². The molecule has 1 aromatic carbocycles. The Hall–Kier alpha value is -2.57. The topological polar surface area (TPSA) is 102 Å². The summed E-state index contributed by atoms with van der Waals surface area (Å²) in [5.41, 5.74) is 6.52. The maximum atomic E-state index is 12.0. The highest BCUT2D eigenvalue weighted by molar-refractivity contribution is 6.07. The molecule has 1 aromatic rings. The van der Waals surface area contributed by atoms with E-state index in [4.69, 9.17) is 10.5 Å². The molecule has 0 spiro atoms. The van der Waals surface area contributed by atoms with Crippen molar-refractivity contribution in [2.24, 2.45) is 5.92 Å². The highest BCUT2D eigenvalue weighted by Gasteiger charge is 2.36. The zero-order valence-corrected chi connectivity index (χ0v) is 11.9. The van der Waals surface area contributed by atoms with E-state index in [2.05, 4.69) is 5.32 Å². The quantitative estimate of drug-likeness (QED) is 0.625. The summed E-state index contributed by atoms with van der Waals surface area (Å²) in [5, 5.41) is 2.60. The second-order valence-corrected chi connectivity index (χ2v) is 4.93. The van der Waals surface area contributed by atoms with Gasteiger partial charge in [-0.15, -0.1) is 0 Å². The zero-order valence-electron chi connectivity index (χ0n) is 11.9. The fourth-order valence-corrected chi connectivity index (χ4v) is 2.17. The number of nitrogens with one attached hydrogen (secondary N) is 1. The summed E-state index contributed by atoms with van der Waals surface area (Å²) < 4.78 is 5.11. The van der Waals surface area contributed by atoms with Crippen molar-refractivity contribution in [1.29, 1.82) is 0 Å². The molecule has 2 rings (SSSR count). The number of nitrogens with two attached hydrogens (primary N) is 1. The van der Waals surface area contributed by atoms with Crippen molar-refractivity contribution in [3.05, 3.63) is 18.2 Å². The minimum Gasteiger partial charge on any atom is -0.495 e. The highest BCUT2D eigenvalue weighted by Crippen LogP contribution is 2.26. The van der Waals surface area contributed by atoms with E-state index in [0.717, 1.165) is 4.90 Å². The van der Waals surface area contributed by atoms with Crippen LogP contribution in [0.3, 0.4) is 0 Å². The van der Waals surface area contributed by atoms with Crippen LogP contribution in [0.4, 0.5) is 11.4 Å². The van der Waals surface area contributed by atoms with Gasteiger partial charge in [0.15, 0.2) is 0 Å². The number of imide groups is 1. The molecule has 0 radical (unpaired) electrons. The smallest absolute Gasteiger partial charge is 0.244 e. The predicted octanol–water partition coefficient (Wildman–Crippen LogP) is 0.611. The molecule has 1 fully saturated rings. The van der Waals surface area contributed by atoms with Gasteiger partial charge in [0, 0.05) is 18.0 Å². The molecule has 7 heteroatoms. The SMILES string of the molecule is COc1ccc(N)cc1NC(=O)CN1C(=O)CC(C)C1=O. The summed E-state index contributed by atoms with van der Waals surface area (Å²) >= 11 is 0. The number of benzene rings is 1. The molecule has 0 aliphatic carbocycles. The number of carbonyl (C=O) groups is 3. The minimum atomic E-state index is -0.477. The van der Waals surface area contributed by atoms with Crippen molar-refractivity contribution >= 4 is 29.1 Å². The largest absolute Gasteiger partial charge is 0.495 e. The molecule has 1 unspecified atom stereocenters. The lowest BCUT2D eigenvalue weighted by atomic mass is 10.1. The van der Waals surface area contributed by atoms with Crippen molar-refractivity contribution in [2.45, 2.75) is 13.3 Å². The average Bonchev–Trinajstić information content (AvgIpc) is 2.66. The van der Waals surface area contributed by atoms with Crippen LogP contribution in [0.5, 0.6) is 5.75 Å². The maximum Gasteiger partial charge on any atom is 0.244 e. The van der Waals surface area contributed by atoms with Crippen molar-refractivity contribution in [3.63, 3.8) is 0 Å². The van der Waals surface area contributed by atoms with Gasteiger partial charge in [0.05, 0.1) is 12.8 Å². The molecule has 7 nitrogen and oxygen atoms in total. The normalized spacial score (nSPS) is 18.0. The maximum absolute atomic E-state index is 12.0. The first-order valence-electron chi connectivity index (χ1n) is 6.50. The summed E-state index contributed by atoms with van der Waals surface area (Å²) in [7, 11) is 1.47. The lowest BCUT2D eigenvalue weighted by Crippen LogP contribution is -2.37. The van der Waals surface area contributed by atoms with Crippen LogP contribution in [-0.4, -0.2) is 36.3 Å². The Labute approximate surface area is 122 Å². The standard InChI is InChI=1S/C14H17N3O4/c1-8-5-13(19)17(14(8)20)7-12(18)16-10-6-9(15)3-4-11(10)21-2/h3-4,6,8H,5,7,15H2,1-2H3,(H,16,18). The van der Waals surface area contributed by atoms with E-state index < -0.39 is 5.91 Å². The Bertz CT molecular complexity index is 600. The number of hydrogen-bond donors (Lipinski definition) is 2. The van der Waals surface area contributed by atoms with Crippen LogP contribution in [0.2, 0.25) is 0 Å². The first-order valence-corrected chi connectivity index (χ1v) is 6.50. The Morgan fingerprint density at radius 3 is 2.76 bits per heavy atom. The van der Waals surface area contributed by atoms with Gasteiger partial charge in [0.2, 0.25) is 17.7 Å². The molecular formula is C14H17N3O4. The van der Waals surface area contributed by atoms with Crippen LogP contribution in [0.25, 0.3) is 0 Å². The third-order valence-electron chi connectivity index (χ3n) is 3.27. The van der Waals surface area contributed by atoms with Gasteiger partial charge in [-0.3, -0.25) is 19.3 Å². The number of ether oxygens (including phenoxy) is 1. The van der Waals surface area contributed by atoms with Gasteiger partial charge < -0.3 is 15.8 Å². The second-order valence-electron chi connectivity index (χ2n) is 4.93. The van der Waals surface area contributed by atoms with Crippen LogP contribution >= 0.6 is 0 Å². The predicted molar refractivity (Wildman–Crippen MR) is 76.5 cm³/mol. The summed E-state index contributed by atoms with van der Waals surface area (Å²) in [5.74, 6) is -1.05. The van der Waals surface area contributed by atoms with E-state index in [-0.39, 0.29) is 30.7 Å². The van der Waals surface area contributed by atoms with Crippen molar-refractivity contribution in [2.75, 3.05) is 24.7 Å². The summed E-state index contributed by atoms with van der Waals surface area (Å²) in [4.78, 5) is 36.4. The van der Waals surface area contributed by atoms with Gasteiger partial charge in [-0.05, 0) is 18.2 Å². The van der Waals surface area contributed by atoms with Crippen LogP contribution in [0.15, 0.2) is 18.2 Å². The third kappa shape index (κ3) is 3.13. The summed E-state index contributed by atoms with van der Waals surface area (Å²) in [6.45, 7) is 1.36. The molecule has 21 heavy (non-hydrogen) atoms. The molecule has 1 aliphatic heterocycles. The van der Waals surface area contributed by atoms with Gasteiger partial charge in [-0.2, -0.15) is 0 Å². The lowest BCUT2D eigenvalue weighted by Gasteiger charge is -2.15. The molecule has 112 valence electrons. The third-order valence-corrected chi connectivity index (χ3v) is 3.27. The Morgan fingerprint density at radius 2 is 2.19 bits per heavy atom. The van der Waals surface area contributed by atoms with E-state index in [9.17, 15) is 14.4 Å². The summed E-state index contributed by atoms with van der Waals surface area (Å²) in [6.07, 6.45) is 0.147. The number of nitrogens with zero attached hydrogens (tertiary/aromatic N) is 1. The minimum absolute atomic E-state index is 0.147. The van der Waals surface area contributed by atoms with E-state index in [1.165, 1.54) is 7.11 Å². The van der Waals surface area contributed by atoms with Crippen molar-refractivity contribution in [3.8, 4) is 5.75 Å². The first-order chi connectivity index (χ1) is 9.92. The Morgan fingerprint density at radius 1 is 1.48 bits per heavy atom. The lowest BCUT2D eigenvalue weighted by molar-refractivity contribution is -0.142. The Balaban J connectivity index is 2.07. The summed E-state index contributed by atoms with van der Waals surface area (Å²) in [6, 6.07) is 4.82. The van der Waals surface area contributed by atoms with Crippen LogP contribution in [-0.2, 0) is 14.4 Å². The molecule has 1 aliphatic rings. The van der Waals surface area contributed by atoms with Crippen LogP contribution < -0.4 is 15.8 Å². The molecule has 1 heterocycles. The van der Waals surface area contributed by atoms with Gasteiger partial charge in [-0.1, -0.05) is 6.92 Å². The molecule has 0 bridgehead atoms. The van der Waals surface area contributed by atoms with E-state index in [0.29, 0.717) is 17.1 Å². The number of carbonyl (C=O) groups excluding carboxylic acids is 3. The van der Waals surface area contributed by atoms with Gasteiger partial charge in [-0.25, -0.2) is 0 Å². The van der Waals surface area contributed by atoms with Crippen LogP contribution in [0.1, 0.15) is 13.3 Å². The molecule has 1 saturated heterocycles. The number of nitrogen functional groups attached to an aromatic ring is 1. The van der Waals surface area contributed by atoms with E-state index >= 15 is 0 Å². The van der Waals surface area contributed by atoms with Gasteiger partial charge >= 0.3 is 0 Å². The second kappa shape index (κ2) is 5.82. The molecule has 0 saturated carbocycles. The number of methoxy groups -OCH3 is 1. The van der Waals surface area contributed by atoms with E-state index in [1.807, 2.05) is 0 Å². The fourth-order valence-electron chi connectivity index (χ4n) is 2.17. The fraction of sp³-hybridized carbons (Fsp3) is 0.357. The monoisotopic (exact) mass is 291 g/mol. The number of amides is 3. The van der Waals surface area contributed by atoms with Crippen molar-refractivity contribution < 1.29 is 19.1 Å². The highest BCUT2D eigenvalue weighted by atomic mass is 16.5. The number of hydrogen-bond acceptors (Lipinski definition) is 5. The molecular weight excluding hydrogens is 274 g/mol. The number of likely N-dealkylation sites (tertiary alicyclic amines) is 1. The molecule has 0 aromatic heterocycles. The average molecular weight is 291 g/mol. The Kier molecular flexibility index (Phi) is 4.11. The van der Waals surface area contributed by atoms with Crippen LogP contribution in [0, 0.1) is 5.92 Å². The number of rotatable bonds is 4.